The zero-order valence-corrected chi connectivity index (χ0v) is 22.9. The van der Waals surface area contributed by atoms with E-state index in [9.17, 15) is 4.79 Å². The van der Waals surface area contributed by atoms with E-state index in [0.717, 1.165) is 87.8 Å². The number of hydrogen-bond donors (Lipinski definition) is 0. The Kier molecular flexibility index (Phi) is 6.60. The zero-order chi connectivity index (χ0) is 26.3. The van der Waals surface area contributed by atoms with Gasteiger partial charge in [0.2, 0.25) is 11.8 Å². The van der Waals surface area contributed by atoms with Crippen molar-refractivity contribution in [3.8, 4) is 11.5 Å². The number of nitrogens with zero attached hydrogens (tertiary/aromatic N) is 5. The number of benzene rings is 1. The molecular weight excluding hydrogens is 478 g/mol. The molecule has 7 rings (SSSR count). The van der Waals surface area contributed by atoms with Crippen molar-refractivity contribution in [2.75, 3.05) is 4.90 Å². The van der Waals surface area contributed by atoms with Gasteiger partial charge in [-0.15, -0.1) is 0 Å². The maximum Gasteiger partial charge on any atom is 0.257 e. The number of aromatic nitrogens is 4. The average Bonchev–Trinajstić information content (AvgIpc) is 3.64. The third-order valence-electron chi connectivity index (χ3n) is 9.91. The van der Waals surface area contributed by atoms with E-state index in [0.29, 0.717) is 17.5 Å². The van der Waals surface area contributed by atoms with Gasteiger partial charge in [-0.25, -0.2) is 0 Å². The van der Waals surface area contributed by atoms with E-state index in [1.807, 2.05) is 26.0 Å². The molecule has 1 amide bonds. The van der Waals surface area contributed by atoms with Crippen LogP contribution in [0.4, 0.5) is 5.69 Å². The Labute approximate surface area is 224 Å². The molecule has 2 bridgehead atoms. The highest BCUT2D eigenvalue weighted by molar-refractivity contribution is 5.96. The fourth-order valence-electron chi connectivity index (χ4n) is 7.34. The Morgan fingerprint density at radius 1 is 1.03 bits per heavy atom. The van der Waals surface area contributed by atoms with Gasteiger partial charge in [-0.05, 0) is 88.8 Å². The first-order chi connectivity index (χ1) is 18.4. The lowest BCUT2D eigenvalue weighted by molar-refractivity contribution is -0.125. The summed E-state index contributed by atoms with van der Waals surface area (Å²) in [6.07, 6.45) is 12.5. The molecule has 4 fully saturated rings. The summed E-state index contributed by atoms with van der Waals surface area (Å²) in [6, 6.07) is 8.23. The number of anilines is 1. The highest BCUT2D eigenvalue weighted by Gasteiger charge is 2.55. The molecule has 8 nitrogen and oxygen atoms in total. The maximum atomic E-state index is 14.3. The van der Waals surface area contributed by atoms with E-state index in [2.05, 4.69) is 44.2 Å². The van der Waals surface area contributed by atoms with Gasteiger partial charge in [-0.3, -0.25) is 4.79 Å². The Bertz CT molecular complexity index is 1270. The van der Waals surface area contributed by atoms with Crippen LogP contribution in [0.1, 0.15) is 102 Å². The van der Waals surface area contributed by atoms with Gasteiger partial charge < -0.3 is 13.9 Å². The average molecular weight is 518 g/mol. The first-order valence-corrected chi connectivity index (χ1v) is 14.5. The minimum atomic E-state index is -0.00417. The molecule has 1 atom stereocenters. The SMILES string of the molecule is CCc1noc(-c2cccc(N(C(=O)C3CCCCC3)C(C)C34CCC(c5nc(C)no5)(CC3)CC4)c2)n1. The van der Waals surface area contributed by atoms with Crippen molar-refractivity contribution in [2.45, 2.75) is 109 Å². The highest BCUT2D eigenvalue weighted by Crippen LogP contribution is 2.60. The van der Waals surface area contributed by atoms with Gasteiger partial charge in [0.15, 0.2) is 11.6 Å². The van der Waals surface area contributed by atoms with Gasteiger partial charge in [0.25, 0.3) is 5.89 Å². The molecule has 1 unspecified atom stereocenters. The van der Waals surface area contributed by atoms with Crippen LogP contribution in [0.25, 0.3) is 11.5 Å². The molecule has 0 N–H and O–H groups in total. The normalized spacial score (nSPS) is 26.4. The van der Waals surface area contributed by atoms with E-state index in [4.69, 9.17) is 9.05 Å². The van der Waals surface area contributed by atoms with E-state index < -0.39 is 0 Å². The standard InChI is InChI=1S/C30H39N5O3/c1-4-25-32-26(37-34-25)23-11-8-12-24(19-23)35(27(36)22-9-6-5-7-10-22)20(2)29-13-16-30(17-14-29,18-15-29)28-31-21(3)33-38-28/h8,11-12,19-20,22H,4-7,9-10,13-18H2,1-3H3. The molecule has 2 heterocycles. The van der Waals surface area contributed by atoms with Crippen LogP contribution in [0.2, 0.25) is 0 Å². The molecule has 4 aliphatic carbocycles. The van der Waals surface area contributed by atoms with E-state index in [1.54, 1.807) is 0 Å². The summed E-state index contributed by atoms with van der Waals surface area (Å²) < 4.78 is 11.2. The second kappa shape index (κ2) is 9.93. The van der Waals surface area contributed by atoms with Gasteiger partial charge >= 0.3 is 0 Å². The van der Waals surface area contributed by atoms with Crippen LogP contribution in [-0.2, 0) is 16.6 Å². The van der Waals surface area contributed by atoms with Crippen molar-refractivity contribution in [2.24, 2.45) is 11.3 Å². The molecule has 0 radical (unpaired) electrons. The van der Waals surface area contributed by atoms with E-state index in [-0.39, 0.29) is 28.7 Å². The lowest BCUT2D eigenvalue weighted by atomic mass is 9.51. The largest absolute Gasteiger partial charge is 0.339 e. The Morgan fingerprint density at radius 3 is 2.39 bits per heavy atom. The summed E-state index contributed by atoms with van der Waals surface area (Å²) >= 11 is 0. The molecule has 8 heteroatoms. The molecule has 202 valence electrons. The van der Waals surface area contributed by atoms with Crippen LogP contribution in [0, 0.1) is 18.3 Å². The third-order valence-corrected chi connectivity index (χ3v) is 9.91. The first kappa shape index (κ1) is 25.3. The van der Waals surface area contributed by atoms with Crippen LogP contribution in [0.5, 0.6) is 0 Å². The van der Waals surface area contributed by atoms with Crippen LogP contribution >= 0.6 is 0 Å². The number of hydrogen-bond acceptors (Lipinski definition) is 7. The monoisotopic (exact) mass is 517 g/mol. The number of amides is 1. The molecule has 2 aromatic heterocycles. The molecule has 4 saturated carbocycles. The molecular formula is C30H39N5O3. The van der Waals surface area contributed by atoms with Crippen LogP contribution in [0.3, 0.4) is 0 Å². The van der Waals surface area contributed by atoms with Gasteiger partial charge in [0.1, 0.15) is 0 Å². The number of fused-ring (bicyclic) bond motifs is 3. The maximum absolute atomic E-state index is 14.3. The topological polar surface area (TPSA) is 98.2 Å². The lowest BCUT2D eigenvalue weighted by Crippen LogP contribution is -2.56. The van der Waals surface area contributed by atoms with Gasteiger partial charge in [0.05, 0.1) is 0 Å². The molecule has 0 aliphatic heterocycles. The van der Waals surface area contributed by atoms with Crippen LogP contribution in [0.15, 0.2) is 33.3 Å². The second-order valence-electron chi connectivity index (χ2n) is 11.9. The molecule has 0 spiro atoms. The Morgan fingerprint density at radius 2 is 1.76 bits per heavy atom. The molecule has 38 heavy (non-hydrogen) atoms. The highest BCUT2D eigenvalue weighted by atomic mass is 16.5. The molecule has 0 saturated heterocycles. The summed E-state index contributed by atoms with van der Waals surface area (Å²) in [6.45, 7) is 6.19. The number of aryl methyl sites for hydroxylation is 2. The smallest absolute Gasteiger partial charge is 0.257 e. The zero-order valence-electron chi connectivity index (χ0n) is 22.9. The predicted octanol–water partition coefficient (Wildman–Crippen LogP) is 6.58. The Balaban J connectivity index is 1.32. The first-order valence-electron chi connectivity index (χ1n) is 14.5. The van der Waals surface area contributed by atoms with E-state index >= 15 is 0 Å². The second-order valence-corrected chi connectivity index (χ2v) is 11.9. The molecule has 3 aromatic rings. The van der Waals surface area contributed by atoms with Crippen molar-refractivity contribution in [1.29, 1.82) is 0 Å². The van der Waals surface area contributed by atoms with Gasteiger partial charge in [0, 0.05) is 35.0 Å². The lowest BCUT2D eigenvalue weighted by Gasteiger charge is -2.56. The number of rotatable bonds is 7. The summed E-state index contributed by atoms with van der Waals surface area (Å²) in [4.78, 5) is 25.6. The fraction of sp³-hybridized carbons (Fsp3) is 0.633. The minimum absolute atomic E-state index is 0.00417. The van der Waals surface area contributed by atoms with Crippen LogP contribution < -0.4 is 4.90 Å². The third kappa shape index (κ3) is 4.35. The molecule has 1 aromatic carbocycles. The summed E-state index contributed by atoms with van der Waals surface area (Å²) in [5.74, 6) is 3.09. The van der Waals surface area contributed by atoms with Crippen molar-refractivity contribution < 1.29 is 13.8 Å². The summed E-state index contributed by atoms with van der Waals surface area (Å²) in [5.41, 5.74) is 1.87. The fourth-order valence-corrected chi connectivity index (χ4v) is 7.34. The number of carbonyl (C=O) groups excluding carboxylic acids is 1. The van der Waals surface area contributed by atoms with Crippen molar-refractivity contribution >= 4 is 11.6 Å². The predicted molar refractivity (Wildman–Crippen MR) is 143 cm³/mol. The van der Waals surface area contributed by atoms with Gasteiger partial charge in [-0.1, -0.05) is 42.6 Å². The minimum Gasteiger partial charge on any atom is -0.339 e. The summed E-state index contributed by atoms with van der Waals surface area (Å²) in [7, 11) is 0. The molecule has 4 aliphatic rings. The Hall–Kier alpha value is -3.03. The van der Waals surface area contributed by atoms with Crippen molar-refractivity contribution in [3.05, 3.63) is 41.8 Å². The number of carbonyl (C=O) groups is 1. The van der Waals surface area contributed by atoms with Crippen molar-refractivity contribution in [1.82, 2.24) is 20.3 Å². The summed E-state index contributed by atoms with van der Waals surface area (Å²) in [5, 5.41) is 8.16. The van der Waals surface area contributed by atoms with E-state index in [1.165, 1.54) is 6.42 Å². The van der Waals surface area contributed by atoms with Crippen molar-refractivity contribution in [3.63, 3.8) is 0 Å². The van der Waals surface area contributed by atoms with Crippen LogP contribution in [-0.4, -0.2) is 32.2 Å². The quantitative estimate of drug-likeness (QED) is 0.349. The van der Waals surface area contributed by atoms with Gasteiger partial charge in [-0.2, -0.15) is 9.97 Å².